The minimum atomic E-state index is -0.266. The summed E-state index contributed by atoms with van der Waals surface area (Å²) in [5.41, 5.74) is 0.753. The Morgan fingerprint density at radius 1 is 1.19 bits per heavy atom. The lowest BCUT2D eigenvalue weighted by Gasteiger charge is -2.19. The van der Waals surface area contributed by atoms with Gasteiger partial charge in [0.2, 0.25) is 11.1 Å². The second-order valence-corrected chi connectivity index (χ2v) is 7.35. The number of nitrogens with two attached hydrogens (primary N) is 1. The number of carbonyl (C=O) groups excluding carboxylic acids is 1. The van der Waals surface area contributed by atoms with E-state index in [1.807, 2.05) is 17.9 Å². The van der Waals surface area contributed by atoms with Crippen LogP contribution in [0.15, 0.2) is 23.4 Å². The van der Waals surface area contributed by atoms with Gasteiger partial charge in [0, 0.05) is 18.7 Å². The molecule has 0 spiro atoms. The first-order chi connectivity index (χ1) is 12.5. The molecule has 1 aromatic heterocycles. The maximum atomic E-state index is 12.5. The van der Waals surface area contributed by atoms with Crippen LogP contribution in [-0.4, -0.2) is 58.2 Å². The van der Waals surface area contributed by atoms with Crippen LogP contribution in [-0.2, 0) is 4.79 Å². The maximum Gasteiger partial charge on any atom is 0.235 e. The molecule has 0 unspecified atom stereocenters. The molecule has 1 saturated heterocycles. The summed E-state index contributed by atoms with van der Waals surface area (Å²) in [6.07, 6.45) is 2.14. The Balaban J connectivity index is 1.78. The average Bonchev–Trinajstić information content (AvgIpc) is 3.31. The van der Waals surface area contributed by atoms with Gasteiger partial charge in [-0.05, 0) is 38.0 Å². The summed E-state index contributed by atoms with van der Waals surface area (Å²) in [7, 11) is 3.15. The maximum absolute atomic E-state index is 12.5. The largest absolute Gasteiger partial charge is 0.493 e. The van der Waals surface area contributed by atoms with Gasteiger partial charge in [0.25, 0.3) is 0 Å². The first kappa shape index (κ1) is 18.4. The highest BCUT2D eigenvalue weighted by atomic mass is 32.2. The number of hydrogen-bond donors (Lipinski definition) is 1. The lowest BCUT2D eigenvalue weighted by Crippen LogP contribution is -2.34. The van der Waals surface area contributed by atoms with E-state index in [2.05, 4.69) is 10.2 Å². The summed E-state index contributed by atoms with van der Waals surface area (Å²) >= 11 is 1.32. The summed E-state index contributed by atoms with van der Waals surface area (Å²) in [6, 6.07) is 5.41. The van der Waals surface area contributed by atoms with Gasteiger partial charge in [-0.1, -0.05) is 11.8 Å². The Morgan fingerprint density at radius 2 is 1.88 bits per heavy atom. The number of nitrogen functional groups attached to an aromatic ring is 1. The predicted molar refractivity (Wildman–Crippen MR) is 99.8 cm³/mol. The van der Waals surface area contributed by atoms with Crippen molar-refractivity contribution in [1.29, 1.82) is 0 Å². The number of nitrogens with zero attached hydrogens (tertiary/aromatic N) is 4. The van der Waals surface area contributed by atoms with E-state index in [-0.39, 0.29) is 11.2 Å². The zero-order chi connectivity index (χ0) is 18.7. The molecule has 0 saturated carbocycles. The zero-order valence-corrected chi connectivity index (χ0v) is 16.0. The number of carbonyl (C=O) groups is 1. The minimum absolute atomic E-state index is 0.114. The van der Waals surface area contributed by atoms with Gasteiger partial charge >= 0.3 is 0 Å². The van der Waals surface area contributed by atoms with Crippen LogP contribution in [0.4, 0.5) is 0 Å². The molecule has 1 amide bonds. The van der Waals surface area contributed by atoms with E-state index >= 15 is 0 Å². The first-order valence-electron chi connectivity index (χ1n) is 8.43. The molecule has 2 N–H and O–H groups in total. The molecule has 3 rings (SSSR count). The molecule has 1 aliphatic heterocycles. The van der Waals surface area contributed by atoms with Crippen LogP contribution in [0.25, 0.3) is 11.4 Å². The van der Waals surface area contributed by atoms with Gasteiger partial charge in [0.1, 0.15) is 0 Å². The highest BCUT2D eigenvalue weighted by Crippen LogP contribution is 2.32. The molecular formula is C17H23N5O3S. The van der Waals surface area contributed by atoms with Crippen LogP contribution in [0.1, 0.15) is 19.8 Å². The Morgan fingerprint density at radius 3 is 2.54 bits per heavy atom. The van der Waals surface area contributed by atoms with E-state index in [4.69, 9.17) is 15.3 Å². The molecular weight excluding hydrogens is 354 g/mol. The molecule has 0 bridgehead atoms. The lowest BCUT2D eigenvalue weighted by molar-refractivity contribution is -0.129. The van der Waals surface area contributed by atoms with Gasteiger partial charge in [-0.3, -0.25) is 4.79 Å². The number of aromatic nitrogens is 3. The van der Waals surface area contributed by atoms with Crippen molar-refractivity contribution >= 4 is 17.7 Å². The average molecular weight is 377 g/mol. The summed E-state index contributed by atoms with van der Waals surface area (Å²) in [5, 5.41) is 8.55. The quantitative estimate of drug-likeness (QED) is 0.605. The van der Waals surface area contributed by atoms with Crippen LogP contribution in [0.2, 0.25) is 0 Å². The molecule has 1 atom stereocenters. The van der Waals surface area contributed by atoms with Crippen LogP contribution < -0.4 is 15.3 Å². The van der Waals surface area contributed by atoms with Crippen molar-refractivity contribution in [2.75, 3.05) is 33.2 Å². The standard InChI is InChI=1S/C17H23N5O3S/c1-11(16(23)21-8-4-5-9-21)26-17-20-19-15(22(17)18)12-6-7-13(24-2)14(10-12)25-3/h6-7,10-11H,4-5,8-9,18H2,1-3H3/t11-/m1/s1. The number of likely N-dealkylation sites (tertiary alicyclic amines) is 1. The van der Waals surface area contributed by atoms with Crippen LogP contribution in [0.5, 0.6) is 11.5 Å². The number of amides is 1. The number of ether oxygens (including phenoxy) is 2. The van der Waals surface area contributed by atoms with Crippen molar-refractivity contribution in [3.05, 3.63) is 18.2 Å². The van der Waals surface area contributed by atoms with E-state index in [1.165, 1.54) is 16.4 Å². The zero-order valence-electron chi connectivity index (χ0n) is 15.1. The fourth-order valence-corrected chi connectivity index (χ4v) is 3.79. The summed E-state index contributed by atoms with van der Waals surface area (Å²) in [5.74, 6) is 7.99. The topological polar surface area (TPSA) is 95.5 Å². The number of hydrogen-bond acceptors (Lipinski definition) is 7. The fraction of sp³-hybridized carbons (Fsp3) is 0.471. The molecule has 2 heterocycles. The minimum Gasteiger partial charge on any atom is -0.493 e. The van der Waals surface area contributed by atoms with Crippen molar-refractivity contribution in [3.63, 3.8) is 0 Å². The number of methoxy groups -OCH3 is 2. The van der Waals surface area contributed by atoms with E-state index < -0.39 is 0 Å². The molecule has 1 aromatic carbocycles. The van der Waals surface area contributed by atoms with Crippen molar-refractivity contribution < 1.29 is 14.3 Å². The number of benzene rings is 1. The monoisotopic (exact) mass is 377 g/mol. The molecule has 1 fully saturated rings. The van der Waals surface area contributed by atoms with Crippen molar-refractivity contribution in [3.8, 4) is 22.9 Å². The Hall–Kier alpha value is -2.42. The summed E-state index contributed by atoms with van der Waals surface area (Å²) in [6.45, 7) is 3.53. The molecule has 26 heavy (non-hydrogen) atoms. The third-order valence-electron chi connectivity index (χ3n) is 4.35. The summed E-state index contributed by atoms with van der Waals surface area (Å²) < 4.78 is 12.0. The molecule has 140 valence electrons. The molecule has 8 nitrogen and oxygen atoms in total. The third-order valence-corrected chi connectivity index (χ3v) is 5.40. The van der Waals surface area contributed by atoms with Crippen molar-refractivity contribution in [2.45, 2.75) is 30.2 Å². The predicted octanol–water partition coefficient (Wildman–Crippen LogP) is 1.78. The number of thioether (sulfide) groups is 1. The number of rotatable bonds is 6. The smallest absolute Gasteiger partial charge is 0.235 e. The van der Waals surface area contributed by atoms with Crippen LogP contribution in [0.3, 0.4) is 0 Å². The van der Waals surface area contributed by atoms with Gasteiger partial charge in [0.15, 0.2) is 17.3 Å². The normalized spacial score (nSPS) is 15.1. The Kier molecular flexibility index (Phi) is 5.55. The SMILES string of the molecule is COc1ccc(-c2nnc(S[C@H](C)C(=O)N3CCCC3)n2N)cc1OC. The molecule has 1 aliphatic rings. The third kappa shape index (κ3) is 3.57. The van der Waals surface area contributed by atoms with Gasteiger partial charge < -0.3 is 20.2 Å². The molecule has 9 heteroatoms. The van der Waals surface area contributed by atoms with Gasteiger partial charge in [0.05, 0.1) is 19.5 Å². The highest BCUT2D eigenvalue weighted by molar-refractivity contribution is 8.00. The first-order valence-corrected chi connectivity index (χ1v) is 9.31. The van der Waals surface area contributed by atoms with Gasteiger partial charge in [-0.25, -0.2) is 4.68 Å². The van der Waals surface area contributed by atoms with E-state index in [0.717, 1.165) is 31.5 Å². The van der Waals surface area contributed by atoms with Gasteiger partial charge in [-0.2, -0.15) is 0 Å². The van der Waals surface area contributed by atoms with E-state index in [0.29, 0.717) is 22.5 Å². The van der Waals surface area contributed by atoms with E-state index in [1.54, 1.807) is 26.4 Å². The Bertz CT molecular complexity index is 789. The lowest BCUT2D eigenvalue weighted by atomic mass is 10.2. The van der Waals surface area contributed by atoms with E-state index in [9.17, 15) is 4.79 Å². The second kappa shape index (κ2) is 7.86. The van der Waals surface area contributed by atoms with Crippen molar-refractivity contribution in [1.82, 2.24) is 19.8 Å². The van der Waals surface area contributed by atoms with Crippen LogP contribution in [0, 0.1) is 0 Å². The second-order valence-electron chi connectivity index (χ2n) is 6.04. The highest BCUT2D eigenvalue weighted by Gasteiger charge is 2.26. The van der Waals surface area contributed by atoms with Crippen molar-refractivity contribution in [2.24, 2.45) is 0 Å². The Labute approximate surface area is 156 Å². The van der Waals surface area contributed by atoms with Crippen LogP contribution >= 0.6 is 11.8 Å². The molecule has 0 radical (unpaired) electrons. The summed E-state index contributed by atoms with van der Waals surface area (Å²) in [4.78, 5) is 14.4. The molecule has 0 aliphatic carbocycles. The fourth-order valence-electron chi connectivity index (χ4n) is 2.93. The van der Waals surface area contributed by atoms with Gasteiger partial charge in [-0.15, -0.1) is 10.2 Å². The molecule has 2 aromatic rings.